The van der Waals surface area contributed by atoms with E-state index in [4.69, 9.17) is 0 Å². The molecule has 1 atom stereocenters. The van der Waals surface area contributed by atoms with Crippen LogP contribution < -0.4 is 10.6 Å². The summed E-state index contributed by atoms with van der Waals surface area (Å²) in [4.78, 5) is 25.5. The molecule has 0 aliphatic carbocycles. The molecular formula is C19H19N3O2S. The van der Waals surface area contributed by atoms with Crippen LogP contribution in [0.25, 0.3) is 0 Å². The van der Waals surface area contributed by atoms with E-state index in [2.05, 4.69) is 16.7 Å². The van der Waals surface area contributed by atoms with Gasteiger partial charge in [-0.1, -0.05) is 18.2 Å². The molecule has 2 heterocycles. The summed E-state index contributed by atoms with van der Waals surface area (Å²) in [6, 6.07) is 9.88. The third kappa shape index (κ3) is 3.57. The molecule has 2 N–H and O–H groups in total. The summed E-state index contributed by atoms with van der Waals surface area (Å²) in [6.45, 7) is 3.81. The lowest BCUT2D eigenvalue weighted by Gasteiger charge is -2.24. The second-order valence-electron chi connectivity index (χ2n) is 6.23. The SMILES string of the molecule is Cc1sc(NC(=O)CC[C@H]2Cc3ccccc3NC2=O)c(C#N)c1C. The highest BCUT2D eigenvalue weighted by molar-refractivity contribution is 7.16. The van der Waals surface area contributed by atoms with Gasteiger partial charge in [0, 0.05) is 22.9 Å². The Morgan fingerprint density at radius 3 is 2.92 bits per heavy atom. The number of carbonyl (C=O) groups excluding carboxylic acids is 2. The number of rotatable bonds is 4. The molecule has 0 radical (unpaired) electrons. The molecule has 2 aromatic rings. The lowest BCUT2D eigenvalue weighted by Crippen LogP contribution is -2.30. The van der Waals surface area contributed by atoms with Crippen LogP contribution in [0.5, 0.6) is 0 Å². The Morgan fingerprint density at radius 1 is 1.40 bits per heavy atom. The number of aryl methyl sites for hydroxylation is 1. The lowest BCUT2D eigenvalue weighted by atomic mass is 9.89. The average Bonchev–Trinajstić information content (AvgIpc) is 2.86. The zero-order valence-corrected chi connectivity index (χ0v) is 15.0. The van der Waals surface area contributed by atoms with E-state index in [9.17, 15) is 14.9 Å². The van der Waals surface area contributed by atoms with Crippen molar-refractivity contribution < 1.29 is 9.59 Å². The fraction of sp³-hybridized carbons (Fsp3) is 0.316. The Labute approximate surface area is 150 Å². The first-order chi connectivity index (χ1) is 12.0. The van der Waals surface area contributed by atoms with E-state index in [1.807, 2.05) is 38.1 Å². The second kappa shape index (κ2) is 7.08. The number of carbonyl (C=O) groups is 2. The number of para-hydroxylation sites is 1. The van der Waals surface area contributed by atoms with Crippen LogP contribution in [0.1, 0.15) is 34.4 Å². The van der Waals surface area contributed by atoms with Gasteiger partial charge in [0.2, 0.25) is 11.8 Å². The topological polar surface area (TPSA) is 82.0 Å². The number of anilines is 2. The largest absolute Gasteiger partial charge is 0.326 e. The molecule has 0 bridgehead atoms. The van der Waals surface area contributed by atoms with Crippen LogP contribution in [-0.4, -0.2) is 11.8 Å². The fourth-order valence-corrected chi connectivity index (χ4v) is 4.02. The number of hydrogen-bond acceptors (Lipinski definition) is 4. The Kier molecular flexibility index (Phi) is 4.86. The smallest absolute Gasteiger partial charge is 0.227 e. The van der Waals surface area contributed by atoms with Crippen molar-refractivity contribution in [3.8, 4) is 6.07 Å². The molecule has 0 saturated carbocycles. The number of hydrogen-bond donors (Lipinski definition) is 2. The molecular weight excluding hydrogens is 334 g/mol. The van der Waals surface area contributed by atoms with E-state index in [0.29, 0.717) is 23.4 Å². The van der Waals surface area contributed by atoms with Gasteiger partial charge in [-0.2, -0.15) is 5.26 Å². The van der Waals surface area contributed by atoms with Crippen molar-refractivity contribution in [3.05, 3.63) is 45.8 Å². The van der Waals surface area contributed by atoms with Gasteiger partial charge in [0.05, 0.1) is 5.56 Å². The summed E-state index contributed by atoms with van der Waals surface area (Å²) in [6.07, 6.45) is 1.38. The monoisotopic (exact) mass is 353 g/mol. The highest BCUT2D eigenvalue weighted by Crippen LogP contribution is 2.32. The standard InChI is InChI=1S/C19H19N3O2S/c1-11-12(2)25-19(15(11)10-20)22-17(23)8-7-14-9-13-5-3-4-6-16(13)21-18(14)24/h3-6,14H,7-9H2,1-2H3,(H,21,24)(H,22,23)/t14-/m0/s1. The molecule has 25 heavy (non-hydrogen) atoms. The van der Waals surface area contributed by atoms with Gasteiger partial charge in [-0.25, -0.2) is 0 Å². The van der Waals surface area contributed by atoms with Gasteiger partial charge in [0.15, 0.2) is 0 Å². The van der Waals surface area contributed by atoms with Crippen molar-refractivity contribution in [2.75, 3.05) is 10.6 Å². The van der Waals surface area contributed by atoms with Crippen LogP contribution in [0.3, 0.4) is 0 Å². The van der Waals surface area contributed by atoms with Gasteiger partial charge >= 0.3 is 0 Å². The minimum absolute atomic E-state index is 0.0352. The molecule has 2 amide bonds. The van der Waals surface area contributed by atoms with Gasteiger partial charge < -0.3 is 10.6 Å². The van der Waals surface area contributed by atoms with Gasteiger partial charge in [-0.3, -0.25) is 9.59 Å². The summed E-state index contributed by atoms with van der Waals surface area (Å²) in [5, 5.41) is 15.6. The lowest BCUT2D eigenvalue weighted by molar-refractivity contribution is -0.121. The van der Waals surface area contributed by atoms with Crippen LogP contribution in [0.15, 0.2) is 24.3 Å². The van der Waals surface area contributed by atoms with E-state index < -0.39 is 0 Å². The minimum Gasteiger partial charge on any atom is -0.326 e. The molecule has 0 spiro atoms. The van der Waals surface area contributed by atoms with Gasteiger partial charge in [0.25, 0.3) is 0 Å². The third-order valence-electron chi connectivity index (χ3n) is 4.58. The molecule has 5 nitrogen and oxygen atoms in total. The van der Waals surface area contributed by atoms with Crippen molar-refractivity contribution in [2.24, 2.45) is 5.92 Å². The Balaban J connectivity index is 1.61. The van der Waals surface area contributed by atoms with Gasteiger partial charge in [0.1, 0.15) is 11.1 Å². The molecule has 6 heteroatoms. The molecule has 0 unspecified atom stereocenters. The normalized spacial score (nSPS) is 15.9. The van der Waals surface area contributed by atoms with E-state index in [0.717, 1.165) is 21.7 Å². The Morgan fingerprint density at radius 2 is 2.16 bits per heavy atom. The maximum Gasteiger partial charge on any atom is 0.227 e. The first-order valence-electron chi connectivity index (χ1n) is 8.18. The molecule has 1 aromatic carbocycles. The zero-order chi connectivity index (χ0) is 18.0. The summed E-state index contributed by atoms with van der Waals surface area (Å²) in [5.74, 6) is -0.403. The van der Waals surface area contributed by atoms with Crippen molar-refractivity contribution >= 4 is 33.8 Å². The number of nitrogens with one attached hydrogen (secondary N) is 2. The predicted molar refractivity (Wildman–Crippen MR) is 98.6 cm³/mol. The van der Waals surface area contributed by atoms with Crippen LogP contribution in [0.4, 0.5) is 10.7 Å². The first-order valence-corrected chi connectivity index (χ1v) is 9.00. The molecule has 0 fully saturated rings. The van der Waals surface area contributed by atoms with E-state index in [-0.39, 0.29) is 24.2 Å². The van der Waals surface area contributed by atoms with E-state index in [1.54, 1.807) is 0 Å². The third-order valence-corrected chi connectivity index (χ3v) is 5.70. The minimum atomic E-state index is -0.206. The molecule has 1 aliphatic rings. The summed E-state index contributed by atoms with van der Waals surface area (Å²) in [5.41, 5.74) is 3.39. The van der Waals surface area contributed by atoms with Crippen molar-refractivity contribution in [1.82, 2.24) is 0 Å². The van der Waals surface area contributed by atoms with Crippen LogP contribution in [-0.2, 0) is 16.0 Å². The molecule has 128 valence electrons. The molecule has 0 saturated heterocycles. The second-order valence-corrected chi connectivity index (χ2v) is 7.46. The maximum absolute atomic E-state index is 12.3. The highest BCUT2D eigenvalue weighted by Gasteiger charge is 2.26. The zero-order valence-electron chi connectivity index (χ0n) is 14.2. The van der Waals surface area contributed by atoms with Crippen LogP contribution in [0.2, 0.25) is 0 Å². The number of nitrogens with zero attached hydrogens (tertiary/aromatic N) is 1. The first kappa shape index (κ1) is 17.2. The molecule has 1 aliphatic heterocycles. The number of fused-ring (bicyclic) bond motifs is 1. The quantitative estimate of drug-likeness (QED) is 0.878. The number of nitriles is 1. The van der Waals surface area contributed by atoms with Crippen LogP contribution in [0, 0.1) is 31.1 Å². The highest BCUT2D eigenvalue weighted by atomic mass is 32.1. The van der Waals surface area contributed by atoms with Crippen molar-refractivity contribution in [3.63, 3.8) is 0 Å². The van der Waals surface area contributed by atoms with Gasteiger partial charge in [-0.05, 0) is 43.9 Å². The summed E-state index contributed by atoms with van der Waals surface area (Å²) in [7, 11) is 0. The maximum atomic E-state index is 12.3. The van der Waals surface area contributed by atoms with Gasteiger partial charge in [-0.15, -0.1) is 11.3 Å². The van der Waals surface area contributed by atoms with Crippen molar-refractivity contribution in [2.45, 2.75) is 33.1 Å². The number of thiophene rings is 1. The van der Waals surface area contributed by atoms with E-state index in [1.165, 1.54) is 11.3 Å². The van der Waals surface area contributed by atoms with E-state index >= 15 is 0 Å². The molecule has 3 rings (SSSR count). The molecule has 1 aromatic heterocycles. The summed E-state index contributed by atoms with van der Waals surface area (Å²) < 4.78 is 0. The summed E-state index contributed by atoms with van der Waals surface area (Å²) >= 11 is 1.41. The Hall–Kier alpha value is -2.65. The predicted octanol–water partition coefficient (Wildman–Crippen LogP) is 3.77. The average molecular weight is 353 g/mol. The van der Waals surface area contributed by atoms with Crippen LogP contribution >= 0.6 is 11.3 Å². The Bertz CT molecular complexity index is 879. The number of amides is 2. The number of benzene rings is 1. The fourth-order valence-electron chi connectivity index (χ4n) is 2.99. The van der Waals surface area contributed by atoms with Crippen molar-refractivity contribution in [1.29, 1.82) is 5.26 Å².